The van der Waals surface area contributed by atoms with Gasteiger partial charge in [-0.1, -0.05) is 18.2 Å². The van der Waals surface area contributed by atoms with Crippen molar-refractivity contribution in [3.05, 3.63) is 42.5 Å². The zero-order valence-corrected chi connectivity index (χ0v) is 10.4. The van der Waals surface area contributed by atoms with Crippen molar-refractivity contribution in [1.82, 2.24) is 14.8 Å². The Morgan fingerprint density at radius 3 is 2.84 bits per heavy atom. The van der Waals surface area contributed by atoms with Crippen LogP contribution in [0.4, 0.5) is 0 Å². The molecule has 0 radical (unpaired) electrons. The number of aromatic nitrogens is 3. The minimum absolute atomic E-state index is 0.0675. The molecule has 1 saturated carbocycles. The van der Waals surface area contributed by atoms with Crippen molar-refractivity contribution in [3.8, 4) is 5.69 Å². The van der Waals surface area contributed by atoms with Crippen LogP contribution in [0.15, 0.2) is 36.9 Å². The molecular formula is C14H15N3O2. The highest BCUT2D eigenvalue weighted by Gasteiger charge is 2.35. The van der Waals surface area contributed by atoms with Crippen LogP contribution < -0.4 is 0 Å². The zero-order valence-electron chi connectivity index (χ0n) is 10.4. The third-order valence-corrected chi connectivity index (χ3v) is 3.59. The first kappa shape index (κ1) is 11.9. The average molecular weight is 257 g/mol. The molecule has 0 bridgehead atoms. The van der Waals surface area contributed by atoms with E-state index < -0.39 is 5.97 Å². The van der Waals surface area contributed by atoms with Gasteiger partial charge in [0.1, 0.15) is 12.7 Å². The Bertz CT molecular complexity index is 576. The van der Waals surface area contributed by atoms with E-state index in [9.17, 15) is 4.79 Å². The van der Waals surface area contributed by atoms with Gasteiger partial charge in [0.25, 0.3) is 0 Å². The third-order valence-electron chi connectivity index (χ3n) is 3.59. The van der Waals surface area contributed by atoms with Crippen LogP contribution >= 0.6 is 0 Å². The Hall–Kier alpha value is -2.17. The number of carboxylic acids is 1. The molecule has 0 spiro atoms. The van der Waals surface area contributed by atoms with E-state index in [4.69, 9.17) is 5.11 Å². The fraction of sp³-hybridized carbons (Fsp3) is 0.357. The van der Waals surface area contributed by atoms with Gasteiger partial charge in [-0.05, 0) is 36.3 Å². The molecule has 1 aliphatic carbocycles. The predicted octanol–water partition coefficient (Wildman–Crippen LogP) is 2.24. The standard InChI is InChI=1S/C14H15N3O2/c18-14(19)7-12(10-5-6-10)11-3-1-2-4-13(11)17-9-15-8-16-17/h1-4,8-10,12H,5-7H2,(H,18,19). The van der Waals surface area contributed by atoms with E-state index in [1.807, 2.05) is 24.3 Å². The molecule has 1 fully saturated rings. The summed E-state index contributed by atoms with van der Waals surface area (Å²) in [6.07, 6.45) is 5.54. The summed E-state index contributed by atoms with van der Waals surface area (Å²) in [6, 6.07) is 7.85. The maximum atomic E-state index is 11.1. The van der Waals surface area contributed by atoms with Gasteiger partial charge in [-0.25, -0.2) is 9.67 Å². The molecule has 1 aromatic carbocycles. The molecule has 3 rings (SSSR count). The Kier molecular flexibility index (Phi) is 3.03. The van der Waals surface area contributed by atoms with Crippen LogP contribution in [0.1, 0.15) is 30.7 Å². The average Bonchev–Trinajstić information content (AvgIpc) is 3.10. The van der Waals surface area contributed by atoms with Gasteiger partial charge in [0, 0.05) is 0 Å². The second kappa shape index (κ2) is 4.84. The summed E-state index contributed by atoms with van der Waals surface area (Å²) in [5.74, 6) is -0.191. The fourth-order valence-corrected chi connectivity index (χ4v) is 2.56. The molecule has 1 N–H and O–H groups in total. The minimum Gasteiger partial charge on any atom is -0.481 e. The van der Waals surface area contributed by atoms with Crippen molar-refractivity contribution in [2.45, 2.75) is 25.2 Å². The van der Waals surface area contributed by atoms with Crippen LogP contribution in [0.2, 0.25) is 0 Å². The van der Waals surface area contributed by atoms with Gasteiger partial charge >= 0.3 is 5.97 Å². The maximum absolute atomic E-state index is 11.1. The third kappa shape index (κ3) is 2.50. The summed E-state index contributed by atoms with van der Waals surface area (Å²) in [6.45, 7) is 0. The maximum Gasteiger partial charge on any atom is 0.303 e. The van der Waals surface area contributed by atoms with Crippen molar-refractivity contribution in [1.29, 1.82) is 0 Å². The smallest absolute Gasteiger partial charge is 0.303 e. The van der Waals surface area contributed by atoms with Gasteiger partial charge in [-0.15, -0.1) is 0 Å². The first-order chi connectivity index (χ1) is 9.25. The van der Waals surface area contributed by atoms with Gasteiger partial charge in [-0.3, -0.25) is 4.79 Å². The second-order valence-electron chi connectivity index (χ2n) is 4.94. The lowest BCUT2D eigenvalue weighted by Crippen LogP contribution is -2.11. The quantitative estimate of drug-likeness (QED) is 0.891. The van der Waals surface area contributed by atoms with E-state index in [1.165, 1.54) is 6.33 Å². The highest BCUT2D eigenvalue weighted by molar-refractivity contribution is 5.68. The molecule has 0 amide bonds. The van der Waals surface area contributed by atoms with Gasteiger partial charge in [0.05, 0.1) is 12.1 Å². The number of benzene rings is 1. The molecule has 1 aliphatic rings. The van der Waals surface area contributed by atoms with Gasteiger partial charge in [0.2, 0.25) is 0 Å². The first-order valence-electron chi connectivity index (χ1n) is 6.41. The van der Waals surface area contributed by atoms with Crippen molar-refractivity contribution >= 4 is 5.97 Å². The Morgan fingerprint density at radius 2 is 2.21 bits per heavy atom. The Morgan fingerprint density at radius 1 is 1.42 bits per heavy atom. The molecule has 0 saturated heterocycles. The topological polar surface area (TPSA) is 68.0 Å². The van der Waals surface area contributed by atoms with Gasteiger partial charge in [0.15, 0.2) is 0 Å². The van der Waals surface area contributed by atoms with E-state index in [1.54, 1.807) is 11.0 Å². The van der Waals surface area contributed by atoms with E-state index >= 15 is 0 Å². The molecule has 1 heterocycles. The molecule has 1 unspecified atom stereocenters. The lowest BCUT2D eigenvalue weighted by atomic mass is 9.90. The molecule has 0 aliphatic heterocycles. The number of para-hydroxylation sites is 1. The molecule has 2 aromatic rings. The number of hydrogen-bond donors (Lipinski definition) is 1. The van der Waals surface area contributed by atoms with E-state index in [0.29, 0.717) is 5.92 Å². The highest BCUT2D eigenvalue weighted by Crippen LogP contribution is 2.45. The summed E-state index contributed by atoms with van der Waals surface area (Å²) >= 11 is 0. The number of hydrogen-bond acceptors (Lipinski definition) is 3. The lowest BCUT2D eigenvalue weighted by molar-refractivity contribution is -0.137. The molecule has 5 nitrogen and oxygen atoms in total. The molecule has 1 atom stereocenters. The number of aliphatic carboxylic acids is 1. The number of carbonyl (C=O) groups is 1. The van der Waals surface area contributed by atoms with Gasteiger partial charge < -0.3 is 5.11 Å². The van der Waals surface area contributed by atoms with Crippen molar-refractivity contribution < 1.29 is 9.90 Å². The normalized spacial score (nSPS) is 16.2. The Balaban J connectivity index is 2.00. The van der Waals surface area contributed by atoms with Crippen LogP contribution in [0.25, 0.3) is 5.69 Å². The first-order valence-corrected chi connectivity index (χ1v) is 6.41. The highest BCUT2D eigenvalue weighted by atomic mass is 16.4. The Labute approximate surface area is 110 Å². The molecule has 19 heavy (non-hydrogen) atoms. The number of nitrogens with zero attached hydrogens (tertiary/aromatic N) is 3. The summed E-state index contributed by atoms with van der Waals surface area (Å²) in [7, 11) is 0. The molecular weight excluding hydrogens is 242 g/mol. The van der Waals surface area contributed by atoms with Crippen LogP contribution in [0.5, 0.6) is 0 Å². The largest absolute Gasteiger partial charge is 0.481 e. The van der Waals surface area contributed by atoms with Crippen LogP contribution in [-0.4, -0.2) is 25.8 Å². The van der Waals surface area contributed by atoms with Crippen LogP contribution in [-0.2, 0) is 4.79 Å². The van der Waals surface area contributed by atoms with Crippen LogP contribution in [0, 0.1) is 5.92 Å². The van der Waals surface area contributed by atoms with E-state index in [-0.39, 0.29) is 12.3 Å². The second-order valence-corrected chi connectivity index (χ2v) is 4.94. The van der Waals surface area contributed by atoms with E-state index in [0.717, 1.165) is 24.1 Å². The van der Waals surface area contributed by atoms with Crippen molar-refractivity contribution in [2.24, 2.45) is 5.92 Å². The summed E-state index contributed by atoms with van der Waals surface area (Å²) < 4.78 is 1.70. The molecule has 1 aromatic heterocycles. The van der Waals surface area contributed by atoms with Crippen molar-refractivity contribution in [2.75, 3.05) is 0 Å². The summed E-state index contributed by atoms with van der Waals surface area (Å²) in [5.41, 5.74) is 1.98. The van der Waals surface area contributed by atoms with Crippen LogP contribution in [0.3, 0.4) is 0 Å². The SMILES string of the molecule is O=C(O)CC(c1ccccc1-n1cncn1)C1CC1. The van der Waals surface area contributed by atoms with E-state index in [2.05, 4.69) is 10.1 Å². The fourth-order valence-electron chi connectivity index (χ4n) is 2.56. The van der Waals surface area contributed by atoms with Gasteiger partial charge in [-0.2, -0.15) is 5.10 Å². The number of carboxylic acid groups (broad SMARTS) is 1. The lowest BCUT2D eigenvalue weighted by Gasteiger charge is -2.18. The number of rotatable bonds is 5. The summed E-state index contributed by atoms with van der Waals surface area (Å²) in [5, 5.41) is 13.3. The minimum atomic E-state index is -0.745. The molecule has 5 heteroatoms. The predicted molar refractivity (Wildman–Crippen MR) is 69.1 cm³/mol. The molecule has 98 valence electrons. The van der Waals surface area contributed by atoms with Crippen molar-refractivity contribution in [3.63, 3.8) is 0 Å². The zero-order chi connectivity index (χ0) is 13.2. The monoisotopic (exact) mass is 257 g/mol. The summed E-state index contributed by atoms with van der Waals surface area (Å²) in [4.78, 5) is 15.0.